The lowest BCUT2D eigenvalue weighted by molar-refractivity contribution is 0.423. The van der Waals surface area contributed by atoms with Crippen molar-refractivity contribution in [3.63, 3.8) is 0 Å². The van der Waals surface area contributed by atoms with Crippen molar-refractivity contribution in [3.8, 4) is 11.3 Å². The van der Waals surface area contributed by atoms with Crippen molar-refractivity contribution in [3.05, 3.63) is 23.1 Å². The Labute approximate surface area is 87.9 Å². The standard InChI is InChI=1S/C10H14N4O/c1-6-10(7(2)14(3)12-6)9-4-8(5-11)13-15-9/h4H,5,11H2,1-3H3. The Morgan fingerprint density at radius 3 is 2.67 bits per heavy atom. The second-order valence-corrected chi connectivity index (χ2v) is 3.56. The second-order valence-electron chi connectivity index (χ2n) is 3.56. The Morgan fingerprint density at radius 1 is 1.47 bits per heavy atom. The summed E-state index contributed by atoms with van der Waals surface area (Å²) in [5.41, 5.74) is 9.24. The normalized spacial score (nSPS) is 10.9. The van der Waals surface area contributed by atoms with Gasteiger partial charge in [0.1, 0.15) is 0 Å². The van der Waals surface area contributed by atoms with Gasteiger partial charge in [0, 0.05) is 25.4 Å². The largest absolute Gasteiger partial charge is 0.356 e. The lowest BCUT2D eigenvalue weighted by atomic mass is 10.1. The number of hydrogen-bond acceptors (Lipinski definition) is 4. The number of rotatable bonds is 2. The molecule has 0 fully saturated rings. The van der Waals surface area contributed by atoms with Gasteiger partial charge in [-0.2, -0.15) is 5.10 Å². The Kier molecular flexibility index (Phi) is 2.32. The quantitative estimate of drug-likeness (QED) is 0.800. The van der Waals surface area contributed by atoms with Gasteiger partial charge in [-0.05, 0) is 13.8 Å². The maximum atomic E-state index is 5.48. The first-order chi connectivity index (χ1) is 7.13. The van der Waals surface area contributed by atoms with Crippen LogP contribution in [0, 0.1) is 13.8 Å². The van der Waals surface area contributed by atoms with Crippen LogP contribution in [0.15, 0.2) is 10.6 Å². The van der Waals surface area contributed by atoms with Crippen LogP contribution in [0.3, 0.4) is 0 Å². The van der Waals surface area contributed by atoms with E-state index in [1.54, 1.807) is 0 Å². The number of nitrogens with two attached hydrogens (primary N) is 1. The molecule has 5 heteroatoms. The van der Waals surface area contributed by atoms with E-state index in [2.05, 4.69) is 10.3 Å². The van der Waals surface area contributed by atoms with E-state index >= 15 is 0 Å². The maximum absolute atomic E-state index is 5.48. The SMILES string of the molecule is Cc1nn(C)c(C)c1-c1cc(CN)no1. The molecule has 0 aromatic carbocycles. The van der Waals surface area contributed by atoms with Gasteiger partial charge in [0.25, 0.3) is 0 Å². The van der Waals surface area contributed by atoms with Gasteiger partial charge in [0.05, 0.1) is 17.0 Å². The number of aromatic nitrogens is 3. The Balaban J connectivity index is 2.53. The molecule has 2 N–H and O–H groups in total. The molecule has 0 aliphatic rings. The summed E-state index contributed by atoms with van der Waals surface area (Å²) in [5, 5.41) is 8.19. The molecule has 0 aliphatic carbocycles. The number of hydrogen-bond donors (Lipinski definition) is 1. The van der Waals surface area contributed by atoms with Crippen molar-refractivity contribution in [1.29, 1.82) is 0 Å². The molecule has 0 spiro atoms. The predicted molar refractivity (Wildman–Crippen MR) is 56.1 cm³/mol. The van der Waals surface area contributed by atoms with E-state index in [1.165, 1.54) is 0 Å². The van der Waals surface area contributed by atoms with Gasteiger partial charge in [0.2, 0.25) is 0 Å². The smallest absolute Gasteiger partial charge is 0.170 e. The molecule has 2 aromatic rings. The molecule has 80 valence electrons. The van der Waals surface area contributed by atoms with Gasteiger partial charge >= 0.3 is 0 Å². The minimum absolute atomic E-state index is 0.391. The molecule has 0 saturated carbocycles. The summed E-state index contributed by atoms with van der Waals surface area (Å²) < 4.78 is 7.06. The molecule has 0 aliphatic heterocycles. The summed E-state index contributed by atoms with van der Waals surface area (Å²) in [4.78, 5) is 0. The first-order valence-corrected chi connectivity index (χ1v) is 4.79. The van der Waals surface area contributed by atoms with Crippen LogP contribution in [0.1, 0.15) is 17.1 Å². The fourth-order valence-electron chi connectivity index (χ4n) is 1.66. The topological polar surface area (TPSA) is 69.9 Å². The molecule has 2 heterocycles. The molecule has 15 heavy (non-hydrogen) atoms. The lowest BCUT2D eigenvalue weighted by Crippen LogP contribution is -1.94. The van der Waals surface area contributed by atoms with Crippen LogP contribution in [-0.2, 0) is 13.6 Å². The van der Waals surface area contributed by atoms with Crippen molar-refractivity contribution in [2.24, 2.45) is 12.8 Å². The molecule has 0 bridgehead atoms. The van der Waals surface area contributed by atoms with Gasteiger partial charge < -0.3 is 10.3 Å². The molecule has 5 nitrogen and oxygen atoms in total. The van der Waals surface area contributed by atoms with Crippen molar-refractivity contribution in [1.82, 2.24) is 14.9 Å². The van der Waals surface area contributed by atoms with Crippen LogP contribution in [-0.4, -0.2) is 14.9 Å². The molecule has 0 saturated heterocycles. The van der Waals surface area contributed by atoms with Crippen LogP contribution < -0.4 is 5.73 Å². The van der Waals surface area contributed by atoms with Crippen LogP contribution in [0.4, 0.5) is 0 Å². The molecule has 2 aromatic heterocycles. The average molecular weight is 206 g/mol. The summed E-state index contributed by atoms with van der Waals surface area (Å²) in [7, 11) is 1.91. The number of nitrogens with zero attached hydrogens (tertiary/aromatic N) is 3. The van der Waals surface area contributed by atoms with Gasteiger partial charge in [-0.1, -0.05) is 5.16 Å². The van der Waals surface area contributed by atoms with Crippen molar-refractivity contribution < 1.29 is 4.52 Å². The minimum atomic E-state index is 0.391. The summed E-state index contributed by atoms with van der Waals surface area (Å²) in [6, 6.07) is 1.86. The first kappa shape index (κ1) is 9.92. The van der Waals surface area contributed by atoms with Gasteiger partial charge in [0.15, 0.2) is 5.76 Å². The third kappa shape index (κ3) is 1.55. The highest BCUT2D eigenvalue weighted by Crippen LogP contribution is 2.26. The highest BCUT2D eigenvalue weighted by molar-refractivity contribution is 5.63. The summed E-state index contributed by atoms with van der Waals surface area (Å²) in [6.07, 6.45) is 0. The van der Waals surface area contributed by atoms with Crippen molar-refractivity contribution >= 4 is 0 Å². The minimum Gasteiger partial charge on any atom is -0.356 e. The Hall–Kier alpha value is -1.62. The lowest BCUT2D eigenvalue weighted by Gasteiger charge is -1.95. The fraction of sp³-hybridized carbons (Fsp3) is 0.400. The van der Waals surface area contributed by atoms with E-state index in [0.717, 1.165) is 28.4 Å². The van der Waals surface area contributed by atoms with Crippen LogP contribution >= 0.6 is 0 Å². The van der Waals surface area contributed by atoms with Crippen LogP contribution in [0.5, 0.6) is 0 Å². The van der Waals surface area contributed by atoms with E-state index in [0.29, 0.717) is 6.54 Å². The van der Waals surface area contributed by atoms with Gasteiger partial charge in [-0.15, -0.1) is 0 Å². The Morgan fingerprint density at radius 2 is 2.20 bits per heavy atom. The van der Waals surface area contributed by atoms with Crippen molar-refractivity contribution in [2.45, 2.75) is 20.4 Å². The van der Waals surface area contributed by atoms with E-state index in [9.17, 15) is 0 Å². The van der Waals surface area contributed by atoms with Gasteiger partial charge in [-0.25, -0.2) is 0 Å². The highest BCUT2D eigenvalue weighted by Gasteiger charge is 2.15. The second kappa shape index (κ2) is 3.51. The molecular formula is C10H14N4O. The third-order valence-corrected chi connectivity index (χ3v) is 2.52. The van der Waals surface area contributed by atoms with Crippen molar-refractivity contribution in [2.75, 3.05) is 0 Å². The molecule has 0 radical (unpaired) electrons. The first-order valence-electron chi connectivity index (χ1n) is 4.79. The zero-order chi connectivity index (χ0) is 11.0. The zero-order valence-corrected chi connectivity index (χ0v) is 9.11. The van der Waals surface area contributed by atoms with E-state index < -0.39 is 0 Å². The fourth-order valence-corrected chi connectivity index (χ4v) is 1.66. The molecule has 2 rings (SSSR count). The maximum Gasteiger partial charge on any atom is 0.170 e. The van der Waals surface area contributed by atoms with Crippen LogP contribution in [0.25, 0.3) is 11.3 Å². The molecule has 0 amide bonds. The third-order valence-electron chi connectivity index (χ3n) is 2.52. The highest BCUT2D eigenvalue weighted by atomic mass is 16.5. The summed E-state index contributed by atoms with van der Waals surface area (Å²) >= 11 is 0. The van der Waals surface area contributed by atoms with Gasteiger partial charge in [-0.3, -0.25) is 4.68 Å². The number of aryl methyl sites for hydroxylation is 2. The average Bonchev–Trinajstić information content (AvgIpc) is 2.74. The van der Waals surface area contributed by atoms with Crippen LogP contribution in [0.2, 0.25) is 0 Å². The van der Waals surface area contributed by atoms with E-state index in [1.807, 2.05) is 31.6 Å². The predicted octanol–water partition coefficient (Wildman–Crippen LogP) is 1.15. The summed E-state index contributed by atoms with van der Waals surface area (Å²) in [5.74, 6) is 0.735. The molecule has 0 atom stereocenters. The molecule has 0 unspecified atom stereocenters. The summed E-state index contributed by atoms with van der Waals surface area (Å²) in [6.45, 7) is 4.34. The molecular weight excluding hydrogens is 192 g/mol. The van der Waals surface area contributed by atoms with E-state index in [4.69, 9.17) is 10.3 Å². The zero-order valence-electron chi connectivity index (χ0n) is 9.11. The monoisotopic (exact) mass is 206 g/mol. The van der Waals surface area contributed by atoms with E-state index in [-0.39, 0.29) is 0 Å². The Bertz CT molecular complexity index is 484.